The molecule has 23 heavy (non-hydrogen) atoms. The predicted molar refractivity (Wildman–Crippen MR) is 85.4 cm³/mol. The Hall–Kier alpha value is -2.55. The second kappa shape index (κ2) is 7.63. The summed E-state index contributed by atoms with van der Waals surface area (Å²) in [6, 6.07) is 4.72. The highest BCUT2D eigenvalue weighted by Crippen LogP contribution is 2.22. The van der Waals surface area contributed by atoms with Gasteiger partial charge in [0.05, 0.1) is 32.2 Å². The quantitative estimate of drug-likeness (QED) is 0.586. The first kappa shape index (κ1) is 18.5. The first-order valence-corrected chi connectivity index (χ1v) is 8.29. The number of esters is 2. The van der Waals surface area contributed by atoms with Crippen molar-refractivity contribution in [3.8, 4) is 0 Å². The van der Waals surface area contributed by atoms with Gasteiger partial charge in [0.1, 0.15) is 5.70 Å². The lowest BCUT2D eigenvalue weighted by molar-refractivity contribution is -0.138. The SMILES string of the molecule is COC(=O)/C=C(/Nc1cc(NS(C)(=O)=O)ccc1C)C(=O)OC. The van der Waals surface area contributed by atoms with Gasteiger partial charge < -0.3 is 14.8 Å². The summed E-state index contributed by atoms with van der Waals surface area (Å²) in [4.78, 5) is 23.1. The zero-order valence-corrected chi connectivity index (χ0v) is 14.0. The normalized spacial score (nSPS) is 11.6. The molecular formula is C14H18N2O6S. The van der Waals surface area contributed by atoms with Gasteiger partial charge in [0.2, 0.25) is 10.0 Å². The molecule has 0 unspecified atom stereocenters. The molecule has 0 aliphatic carbocycles. The number of methoxy groups -OCH3 is 2. The Morgan fingerprint density at radius 2 is 1.83 bits per heavy atom. The summed E-state index contributed by atoms with van der Waals surface area (Å²) < 4.78 is 34.0. The highest BCUT2D eigenvalue weighted by Gasteiger charge is 2.14. The second-order valence-electron chi connectivity index (χ2n) is 4.60. The van der Waals surface area contributed by atoms with Crippen molar-refractivity contribution >= 4 is 33.3 Å². The van der Waals surface area contributed by atoms with Gasteiger partial charge in [0.15, 0.2) is 0 Å². The fraction of sp³-hybridized carbons (Fsp3) is 0.286. The van der Waals surface area contributed by atoms with E-state index in [1.807, 2.05) is 0 Å². The third-order valence-electron chi connectivity index (χ3n) is 2.68. The van der Waals surface area contributed by atoms with Crippen molar-refractivity contribution in [2.24, 2.45) is 0 Å². The van der Waals surface area contributed by atoms with Crippen LogP contribution in [0.15, 0.2) is 30.0 Å². The number of benzene rings is 1. The molecule has 0 spiro atoms. The van der Waals surface area contributed by atoms with E-state index in [1.54, 1.807) is 19.1 Å². The zero-order chi connectivity index (χ0) is 17.6. The molecule has 1 aromatic rings. The highest BCUT2D eigenvalue weighted by atomic mass is 32.2. The molecule has 0 radical (unpaired) electrons. The summed E-state index contributed by atoms with van der Waals surface area (Å²) in [7, 11) is -1.09. The molecule has 0 aliphatic rings. The minimum Gasteiger partial charge on any atom is -0.466 e. The third-order valence-corrected chi connectivity index (χ3v) is 3.29. The molecule has 0 aromatic heterocycles. The number of aryl methyl sites for hydroxylation is 1. The smallest absolute Gasteiger partial charge is 0.354 e. The fourth-order valence-corrected chi connectivity index (χ4v) is 2.17. The molecule has 1 rings (SSSR count). The average molecular weight is 342 g/mol. The zero-order valence-electron chi connectivity index (χ0n) is 13.2. The molecule has 0 fully saturated rings. The van der Waals surface area contributed by atoms with Gasteiger partial charge >= 0.3 is 11.9 Å². The van der Waals surface area contributed by atoms with Crippen LogP contribution in [0, 0.1) is 6.92 Å². The van der Waals surface area contributed by atoms with Crippen molar-refractivity contribution < 1.29 is 27.5 Å². The summed E-state index contributed by atoms with van der Waals surface area (Å²) in [5.41, 5.74) is 1.32. The molecule has 0 heterocycles. The molecule has 1 aromatic carbocycles. The largest absolute Gasteiger partial charge is 0.466 e. The summed E-state index contributed by atoms with van der Waals surface area (Å²) in [6.45, 7) is 1.75. The first-order chi connectivity index (χ1) is 10.7. The van der Waals surface area contributed by atoms with Crippen LogP contribution in [0.4, 0.5) is 11.4 Å². The Morgan fingerprint density at radius 1 is 1.17 bits per heavy atom. The first-order valence-electron chi connectivity index (χ1n) is 6.39. The van der Waals surface area contributed by atoms with E-state index < -0.39 is 22.0 Å². The van der Waals surface area contributed by atoms with Crippen LogP contribution < -0.4 is 10.0 Å². The van der Waals surface area contributed by atoms with Crippen LogP contribution in [0.25, 0.3) is 0 Å². The molecule has 0 aliphatic heterocycles. The maximum atomic E-state index is 11.7. The van der Waals surface area contributed by atoms with Gasteiger partial charge in [-0.1, -0.05) is 6.07 Å². The van der Waals surface area contributed by atoms with Crippen molar-refractivity contribution in [3.63, 3.8) is 0 Å². The van der Waals surface area contributed by atoms with E-state index >= 15 is 0 Å². The van der Waals surface area contributed by atoms with E-state index in [0.717, 1.165) is 17.9 Å². The number of sulfonamides is 1. The highest BCUT2D eigenvalue weighted by molar-refractivity contribution is 7.92. The van der Waals surface area contributed by atoms with Gasteiger partial charge in [-0.05, 0) is 24.6 Å². The Balaban J connectivity index is 3.17. The van der Waals surface area contributed by atoms with Crippen molar-refractivity contribution in [1.82, 2.24) is 0 Å². The summed E-state index contributed by atoms with van der Waals surface area (Å²) in [6.07, 6.45) is 1.97. The lowest BCUT2D eigenvalue weighted by Crippen LogP contribution is -2.16. The van der Waals surface area contributed by atoms with Crippen molar-refractivity contribution in [2.75, 3.05) is 30.5 Å². The molecule has 8 nitrogen and oxygen atoms in total. The van der Waals surface area contributed by atoms with Crippen LogP contribution in [-0.4, -0.2) is 40.8 Å². The van der Waals surface area contributed by atoms with Crippen LogP contribution in [0.5, 0.6) is 0 Å². The van der Waals surface area contributed by atoms with Crippen molar-refractivity contribution in [3.05, 3.63) is 35.5 Å². The second-order valence-corrected chi connectivity index (χ2v) is 6.35. The Labute approximate surface area is 134 Å². The Kier molecular flexibility index (Phi) is 6.14. The van der Waals surface area contributed by atoms with Crippen LogP contribution in [0.2, 0.25) is 0 Å². The van der Waals surface area contributed by atoms with Crippen molar-refractivity contribution in [2.45, 2.75) is 6.92 Å². The van der Waals surface area contributed by atoms with Crippen LogP contribution >= 0.6 is 0 Å². The molecular weight excluding hydrogens is 324 g/mol. The summed E-state index contributed by atoms with van der Waals surface area (Å²) in [5, 5.41) is 2.74. The molecule has 0 saturated heterocycles. The topological polar surface area (TPSA) is 111 Å². The molecule has 0 amide bonds. The number of ether oxygens (including phenoxy) is 2. The third kappa shape index (κ3) is 5.99. The maximum absolute atomic E-state index is 11.7. The van der Waals surface area contributed by atoms with E-state index in [9.17, 15) is 18.0 Å². The summed E-state index contributed by atoms with van der Waals surface area (Å²) in [5.74, 6) is -1.50. The molecule has 2 N–H and O–H groups in total. The molecule has 0 saturated carbocycles. The monoisotopic (exact) mass is 342 g/mol. The average Bonchev–Trinajstić information content (AvgIpc) is 2.47. The van der Waals surface area contributed by atoms with Crippen LogP contribution in [-0.2, 0) is 29.1 Å². The van der Waals surface area contributed by atoms with E-state index in [-0.39, 0.29) is 5.70 Å². The number of anilines is 2. The van der Waals surface area contributed by atoms with E-state index in [1.165, 1.54) is 20.3 Å². The van der Waals surface area contributed by atoms with Gasteiger partial charge in [-0.3, -0.25) is 4.72 Å². The number of rotatable bonds is 6. The number of carbonyl (C=O) groups excluding carboxylic acids is 2. The molecule has 9 heteroatoms. The van der Waals surface area contributed by atoms with Gasteiger partial charge in [-0.2, -0.15) is 0 Å². The summed E-state index contributed by atoms with van der Waals surface area (Å²) >= 11 is 0. The standard InChI is InChI=1S/C14H18N2O6S/c1-9-5-6-10(16-23(4,19)20)7-11(9)15-12(14(18)22-3)8-13(17)21-2/h5-8,15-16H,1-4H3/b12-8+. The fourth-order valence-electron chi connectivity index (χ4n) is 1.61. The van der Waals surface area contributed by atoms with Gasteiger partial charge in [0.25, 0.3) is 0 Å². The minimum atomic E-state index is -3.44. The van der Waals surface area contributed by atoms with Crippen LogP contribution in [0.1, 0.15) is 5.56 Å². The number of hydrogen-bond acceptors (Lipinski definition) is 7. The number of carbonyl (C=O) groups is 2. The predicted octanol–water partition coefficient (Wildman–Crippen LogP) is 1.01. The number of nitrogens with one attached hydrogen (secondary N) is 2. The molecule has 126 valence electrons. The minimum absolute atomic E-state index is 0.140. The van der Waals surface area contributed by atoms with E-state index in [4.69, 9.17) is 0 Å². The van der Waals surface area contributed by atoms with Crippen LogP contribution in [0.3, 0.4) is 0 Å². The molecule has 0 atom stereocenters. The Bertz CT molecular complexity index is 740. The van der Waals surface area contributed by atoms with E-state index in [2.05, 4.69) is 19.5 Å². The molecule has 0 bridgehead atoms. The van der Waals surface area contributed by atoms with Gasteiger partial charge in [-0.15, -0.1) is 0 Å². The van der Waals surface area contributed by atoms with Crippen molar-refractivity contribution in [1.29, 1.82) is 0 Å². The van der Waals surface area contributed by atoms with Gasteiger partial charge in [-0.25, -0.2) is 18.0 Å². The number of hydrogen-bond donors (Lipinski definition) is 2. The van der Waals surface area contributed by atoms with Gasteiger partial charge in [0, 0.05) is 5.69 Å². The van der Waals surface area contributed by atoms with E-state index in [0.29, 0.717) is 11.4 Å². The lowest BCUT2D eigenvalue weighted by atomic mass is 10.1. The Morgan fingerprint density at radius 3 is 2.35 bits per heavy atom. The lowest BCUT2D eigenvalue weighted by Gasteiger charge is -2.13. The maximum Gasteiger partial charge on any atom is 0.354 e.